The number of pyridine rings is 1. The molecule has 0 radical (unpaired) electrons. The third-order valence-corrected chi connectivity index (χ3v) is 4.55. The quantitative estimate of drug-likeness (QED) is 0.795. The molecule has 150 valence electrons. The van der Waals surface area contributed by atoms with Gasteiger partial charge in [0.25, 0.3) is 0 Å². The lowest BCUT2D eigenvalue weighted by Gasteiger charge is -2.34. The predicted molar refractivity (Wildman–Crippen MR) is 111 cm³/mol. The van der Waals surface area contributed by atoms with Crippen LogP contribution < -0.4 is 10.5 Å². The van der Waals surface area contributed by atoms with Gasteiger partial charge >= 0.3 is 0 Å². The molecule has 1 fully saturated rings. The van der Waals surface area contributed by atoms with Gasteiger partial charge in [0.15, 0.2) is 0 Å². The van der Waals surface area contributed by atoms with E-state index in [0.29, 0.717) is 24.6 Å². The minimum absolute atomic E-state index is 0.509. The monoisotopic (exact) mass is 381 g/mol. The topological polar surface area (TPSA) is 81.2 Å². The first-order valence-electron chi connectivity index (χ1n) is 9.95. The summed E-state index contributed by atoms with van der Waals surface area (Å²) in [5.41, 5.74) is 11.0. The van der Waals surface area contributed by atoms with Crippen molar-refractivity contribution in [3.8, 4) is 11.8 Å². The van der Waals surface area contributed by atoms with Crippen LogP contribution in [0.2, 0.25) is 0 Å². The maximum Gasteiger partial charge on any atom is 0.205 e. The lowest BCUT2D eigenvalue weighted by atomic mass is 10.0. The second kappa shape index (κ2) is 9.68. The van der Waals surface area contributed by atoms with Gasteiger partial charge in [-0.25, -0.2) is 0 Å². The smallest absolute Gasteiger partial charge is 0.205 e. The lowest BCUT2D eigenvalue weighted by Crippen LogP contribution is -2.36. The Bertz CT molecular complexity index is 822. The minimum atomic E-state index is -0.577. The number of hydrogen-bond acceptors (Lipinski definition) is 5. The molecular weight excluding hydrogens is 350 g/mol. The van der Waals surface area contributed by atoms with Crippen molar-refractivity contribution in [3.05, 3.63) is 58.4 Å². The summed E-state index contributed by atoms with van der Waals surface area (Å²) in [6, 6.07) is 11.2. The summed E-state index contributed by atoms with van der Waals surface area (Å²) in [5, 5.41) is 8.29. The van der Waals surface area contributed by atoms with Gasteiger partial charge in [0, 0.05) is 37.6 Å². The zero-order chi connectivity index (χ0) is 20.7. The molecule has 1 aromatic heterocycles. The van der Waals surface area contributed by atoms with E-state index in [1.807, 2.05) is 58.9 Å². The third kappa shape index (κ3) is 5.31. The van der Waals surface area contributed by atoms with Crippen LogP contribution >= 0.6 is 0 Å². The van der Waals surface area contributed by atoms with Crippen LogP contribution in [0.25, 0.3) is 0 Å². The number of ether oxygens (including phenoxy) is 2. The Kier molecular flexibility index (Phi) is 7.56. The summed E-state index contributed by atoms with van der Waals surface area (Å²) < 4.78 is 11.6. The Morgan fingerprint density at radius 3 is 2.36 bits per heavy atom. The van der Waals surface area contributed by atoms with Crippen LogP contribution in [-0.2, 0) is 17.9 Å². The molecule has 28 heavy (non-hydrogen) atoms. The van der Waals surface area contributed by atoms with Gasteiger partial charge in [-0.05, 0) is 37.5 Å². The highest BCUT2D eigenvalue weighted by molar-refractivity contribution is 5.47. The van der Waals surface area contributed by atoms with E-state index in [2.05, 4.69) is 0 Å². The molecule has 4 rings (SSSR count). The number of nitrogens with zero attached hydrogens (tertiary/aromatic N) is 2. The van der Waals surface area contributed by atoms with E-state index in [1.165, 1.54) is 18.5 Å². The van der Waals surface area contributed by atoms with Crippen LogP contribution in [-0.4, -0.2) is 10.8 Å². The molecule has 2 N–H and O–H groups in total. The van der Waals surface area contributed by atoms with E-state index in [9.17, 15) is 0 Å². The Morgan fingerprint density at radius 2 is 1.86 bits per heavy atom. The summed E-state index contributed by atoms with van der Waals surface area (Å²) >= 11 is 0. The fourth-order valence-electron chi connectivity index (χ4n) is 3.05. The van der Waals surface area contributed by atoms with E-state index >= 15 is 0 Å². The molecule has 1 saturated carbocycles. The van der Waals surface area contributed by atoms with Crippen molar-refractivity contribution in [3.63, 3.8) is 0 Å². The summed E-state index contributed by atoms with van der Waals surface area (Å²) in [4.78, 5) is 4.72. The minimum Gasteiger partial charge on any atom is -0.461 e. The van der Waals surface area contributed by atoms with Crippen LogP contribution in [0.15, 0.2) is 30.3 Å². The van der Waals surface area contributed by atoms with Crippen molar-refractivity contribution in [1.29, 1.82) is 5.26 Å². The number of nitriles is 1. The molecule has 5 heteroatoms. The lowest BCUT2D eigenvalue weighted by molar-refractivity contribution is -0.180. The van der Waals surface area contributed by atoms with Gasteiger partial charge in [-0.2, -0.15) is 5.26 Å². The fourth-order valence-corrected chi connectivity index (χ4v) is 3.05. The molecule has 1 aliphatic heterocycles. The highest BCUT2D eigenvalue weighted by Gasteiger charge is 2.35. The molecule has 2 aliphatic rings. The number of fused-ring (bicyclic) bond motifs is 1. The van der Waals surface area contributed by atoms with Crippen molar-refractivity contribution < 1.29 is 9.47 Å². The molecule has 0 spiro atoms. The van der Waals surface area contributed by atoms with Crippen molar-refractivity contribution in [2.45, 2.75) is 72.3 Å². The summed E-state index contributed by atoms with van der Waals surface area (Å²) in [6.07, 6.45) is 2.46. The van der Waals surface area contributed by atoms with Gasteiger partial charge in [-0.3, -0.25) is 4.98 Å². The van der Waals surface area contributed by atoms with Crippen LogP contribution in [0, 0.1) is 18.3 Å². The van der Waals surface area contributed by atoms with Crippen LogP contribution in [0.4, 0.5) is 0 Å². The average Bonchev–Trinajstić information content (AvgIpc) is 3.56. The SMILES string of the molecule is CC.Cc1nc(C2CC2)c(CN)c2c1OC(C)(C)OC2.N#Cc1ccccc1. The zero-order valence-corrected chi connectivity index (χ0v) is 17.6. The van der Waals surface area contributed by atoms with E-state index in [-0.39, 0.29) is 0 Å². The third-order valence-electron chi connectivity index (χ3n) is 4.55. The molecule has 2 heterocycles. The Balaban J connectivity index is 0.000000236. The number of nitrogens with two attached hydrogens (primary N) is 1. The van der Waals surface area contributed by atoms with Gasteiger partial charge in [0.05, 0.1) is 23.9 Å². The Hall–Kier alpha value is -2.42. The van der Waals surface area contributed by atoms with Gasteiger partial charge in [-0.1, -0.05) is 32.0 Å². The van der Waals surface area contributed by atoms with Gasteiger partial charge in [-0.15, -0.1) is 0 Å². The summed E-state index contributed by atoms with van der Waals surface area (Å²) in [6.45, 7) is 10.9. The van der Waals surface area contributed by atoms with Gasteiger partial charge < -0.3 is 15.2 Å². The highest BCUT2D eigenvalue weighted by atomic mass is 16.7. The van der Waals surface area contributed by atoms with E-state index in [1.54, 1.807) is 12.1 Å². The van der Waals surface area contributed by atoms with Crippen LogP contribution in [0.1, 0.15) is 74.5 Å². The molecule has 1 aromatic carbocycles. The summed E-state index contributed by atoms with van der Waals surface area (Å²) in [7, 11) is 0. The summed E-state index contributed by atoms with van der Waals surface area (Å²) in [5.74, 6) is 0.894. The number of hydrogen-bond donors (Lipinski definition) is 1. The number of aromatic nitrogens is 1. The predicted octanol–water partition coefficient (Wildman–Crippen LogP) is 4.96. The van der Waals surface area contributed by atoms with Crippen molar-refractivity contribution in [2.75, 3.05) is 0 Å². The van der Waals surface area contributed by atoms with Crippen molar-refractivity contribution in [2.24, 2.45) is 5.73 Å². The molecule has 0 amide bonds. The molecule has 2 aromatic rings. The zero-order valence-electron chi connectivity index (χ0n) is 17.6. The molecule has 1 aliphatic carbocycles. The van der Waals surface area contributed by atoms with E-state index in [0.717, 1.165) is 22.6 Å². The molecule has 0 unspecified atom stereocenters. The first-order valence-corrected chi connectivity index (χ1v) is 9.95. The molecule has 0 saturated heterocycles. The molecular formula is C23H31N3O2. The first kappa shape index (κ1) is 21.9. The number of rotatable bonds is 2. The Labute approximate surface area is 168 Å². The van der Waals surface area contributed by atoms with Crippen molar-refractivity contribution in [1.82, 2.24) is 4.98 Å². The van der Waals surface area contributed by atoms with Gasteiger partial charge in [0.1, 0.15) is 5.75 Å². The molecule has 0 atom stereocenters. The van der Waals surface area contributed by atoms with Crippen LogP contribution in [0.3, 0.4) is 0 Å². The molecule has 5 nitrogen and oxygen atoms in total. The van der Waals surface area contributed by atoms with E-state index < -0.39 is 5.79 Å². The number of aryl methyl sites for hydroxylation is 1. The maximum absolute atomic E-state index is 8.29. The standard InChI is InChI=1S/C14H20N2O2.C7H5N.C2H6/c1-8-13-11(7-17-14(2,3)18-13)10(6-15)12(16-8)9-4-5-9;8-6-7-4-2-1-3-5-7;1-2/h9H,4-7,15H2,1-3H3;1-5H;1-2H3. The van der Waals surface area contributed by atoms with Crippen molar-refractivity contribution >= 4 is 0 Å². The second-order valence-electron chi connectivity index (χ2n) is 7.12. The fraction of sp³-hybridized carbons (Fsp3) is 0.478. The number of benzene rings is 1. The van der Waals surface area contributed by atoms with Crippen LogP contribution in [0.5, 0.6) is 5.75 Å². The van der Waals surface area contributed by atoms with Gasteiger partial charge in [0.2, 0.25) is 5.79 Å². The van der Waals surface area contributed by atoms with E-state index in [4.69, 9.17) is 25.5 Å². The second-order valence-corrected chi connectivity index (χ2v) is 7.12. The Morgan fingerprint density at radius 1 is 1.21 bits per heavy atom. The first-order chi connectivity index (χ1) is 13.4. The maximum atomic E-state index is 8.29. The highest BCUT2D eigenvalue weighted by Crippen LogP contribution is 2.45. The molecule has 0 bridgehead atoms. The normalized spacial score (nSPS) is 16.2. The average molecular weight is 382 g/mol. The largest absolute Gasteiger partial charge is 0.461 e.